The zero-order valence-electron chi connectivity index (χ0n) is 11.4. The number of fused-ring (bicyclic) bond motifs is 1. The third-order valence-corrected chi connectivity index (χ3v) is 3.23. The van der Waals surface area contributed by atoms with Crippen LogP contribution in [0.15, 0.2) is 18.2 Å². The summed E-state index contributed by atoms with van der Waals surface area (Å²) < 4.78 is 38.4. The van der Waals surface area contributed by atoms with E-state index < -0.39 is 18.6 Å². The molecule has 7 heteroatoms. The van der Waals surface area contributed by atoms with Crippen molar-refractivity contribution in [2.45, 2.75) is 38.9 Å². The van der Waals surface area contributed by atoms with Crippen LogP contribution in [-0.2, 0) is 13.0 Å². The number of carboxylic acids is 1. The van der Waals surface area contributed by atoms with Gasteiger partial charge in [-0.25, -0.2) is 9.78 Å². The van der Waals surface area contributed by atoms with Gasteiger partial charge in [-0.15, -0.1) is 0 Å². The van der Waals surface area contributed by atoms with Gasteiger partial charge in [0.15, 0.2) is 0 Å². The average Bonchev–Trinajstić information content (AvgIpc) is 2.74. The lowest BCUT2D eigenvalue weighted by Crippen LogP contribution is -2.10. The maximum Gasteiger partial charge on any atom is 0.389 e. The van der Waals surface area contributed by atoms with E-state index in [1.807, 2.05) is 6.92 Å². The lowest BCUT2D eigenvalue weighted by Gasteiger charge is -2.10. The van der Waals surface area contributed by atoms with Crippen molar-refractivity contribution in [2.75, 3.05) is 0 Å². The monoisotopic (exact) mass is 300 g/mol. The van der Waals surface area contributed by atoms with Crippen LogP contribution in [0.2, 0.25) is 0 Å². The quantitative estimate of drug-likeness (QED) is 0.917. The molecule has 1 aromatic heterocycles. The summed E-state index contributed by atoms with van der Waals surface area (Å²) in [7, 11) is 0. The summed E-state index contributed by atoms with van der Waals surface area (Å²) in [6.45, 7) is 2.03. The first-order valence-electron chi connectivity index (χ1n) is 6.61. The number of carboxylic acid groups (broad SMARTS) is 1. The molecular formula is C14H15F3N2O2. The van der Waals surface area contributed by atoms with Gasteiger partial charge in [0.05, 0.1) is 16.6 Å². The molecule has 0 aliphatic heterocycles. The van der Waals surface area contributed by atoms with Gasteiger partial charge in [0.25, 0.3) is 0 Å². The number of nitrogens with zero attached hydrogens (tertiary/aromatic N) is 2. The molecule has 114 valence electrons. The number of benzene rings is 1. The molecule has 1 heterocycles. The topological polar surface area (TPSA) is 55.1 Å². The van der Waals surface area contributed by atoms with Crippen LogP contribution in [0, 0.1) is 0 Å². The Hall–Kier alpha value is -2.05. The minimum absolute atomic E-state index is 0.0563. The average molecular weight is 300 g/mol. The van der Waals surface area contributed by atoms with Gasteiger partial charge in [-0.1, -0.05) is 6.92 Å². The van der Waals surface area contributed by atoms with Crippen molar-refractivity contribution in [1.29, 1.82) is 0 Å². The Balaban J connectivity index is 2.34. The molecule has 0 spiro atoms. The minimum Gasteiger partial charge on any atom is -0.478 e. The predicted molar refractivity (Wildman–Crippen MR) is 71.4 cm³/mol. The van der Waals surface area contributed by atoms with E-state index in [4.69, 9.17) is 5.11 Å². The second-order valence-corrected chi connectivity index (χ2v) is 4.76. The Morgan fingerprint density at radius 2 is 2.10 bits per heavy atom. The molecule has 0 fully saturated rings. The summed E-state index contributed by atoms with van der Waals surface area (Å²) in [6.07, 6.45) is -4.54. The number of aromatic nitrogens is 2. The molecule has 1 N–H and O–H groups in total. The summed E-state index contributed by atoms with van der Waals surface area (Å²) in [6, 6.07) is 4.48. The number of halogens is 3. The molecule has 0 unspecified atom stereocenters. The number of rotatable bonds is 5. The van der Waals surface area contributed by atoms with E-state index >= 15 is 0 Å². The molecule has 0 bridgehead atoms. The van der Waals surface area contributed by atoms with E-state index in [0.717, 1.165) is 0 Å². The molecule has 21 heavy (non-hydrogen) atoms. The molecule has 0 amide bonds. The van der Waals surface area contributed by atoms with Crippen LogP contribution in [0.1, 0.15) is 35.9 Å². The van der Waals surface area contributed by atoms with Crippen molar-refractivity contribution >= 4 is 17.0 Å². The molecule has 0 aliphatic rings. The van der Waals surface area contributed by atoms with Gasteiger partial charge < -0.3 is 9.67 Å². The summed E-state index contributed by atoms with van der Waals surface area (Å²) in [5.74, 6) is -0.410. The van der Waals surface area contributed by atoms with Crippen LogP contribution in [-0.4, -0.2) is 26.8 Å². The van der Waals surface area contributed by atoms with E-state index in [-0.39, 0.29) is 18.5 Å². The van der Waals surface area contributed by atoms with Crippen molar-refractivity contribution in [2.24, 2.45) is 0 Å². The zero-order valence-corrected chi connectivity index (χ0v) is 11.4. The predicted octanol–water partition coefficient (Wildman–Crippen LogP) is 3.64. The van der Waals surface area contributed by atoms with Crippen LogP contribution in [0.5, 0.6) is 0 Å². The Labute approximate surface area is 119 Å². The first-order chi connectivity index (χ1) is 9.81. The Morgan fingerprint density at radius 1 is 1.38 bits per heavy atom. The summed E-state index contributed by atoms with van der Waals surface area (Å²) in [5.41, 5.74) is 1.26. The molecule has 2 aromatic rings. The van der Waals surface area contributed by atoms with Crippen LogP contribution in [0.3, 0.4) is 0 Å². The van der Waals surface area contributed by atoms with Crippen molar-refractivity contribution in [3.63, 3.8) is 0 Å². The molecule has 0 radical (unpaired) electrons. The van der Waals surface area contributed by atoms with Crippen molar-refractivity contribution in [1.82, 2.24) is 9.55 Å². The maximum atomic E-state index is 12.2. The van der Waals surface area contributed by atoms with Gasteiger partial charge in [0, 0.05) is 19.4 Å². The fourth-order valence-electron chi connectivity index (χ4n) is 2.26. The molecule has 0 atom stereocenters. The van der Waals surface area contributed by atoms with E-state index in [1.54, 1.807) is 10.6 Å². The van der Waals surface area contributed by atoms with Gasteiger partial charge in [-0.2, -0.15) is 13.2 Å². The molecule has 0 saturated heterocycles. The third-order valence-electron chi connectivity index (χ3n) is 3.23. The minimum atomic E-state index is -4.19. The molecular weight excluding hydrogens is 285 g/mol. The van der Waals surface area contributed by atoms with Gasteiger partial charge in [-0.3, -0.25) is 0 Å². The lowest BCUT2D eigenvalue weighted by atomic mass is 10.2. The lowest BCUT2D eigenvalue weighted by molar-refractivity contribution is -0.135. The maximum absolute atomic E-state index is 12.2. The fourth-order valence-corrected chi connectivity index (χ4v) is 2.26. The van der Waals surface area contributed by atoms with Gasteiger partial charge in [0.2, 0.25) is 0 Å². The smallest absolute Gasteiger partial charge is 0.389 e. The highest BCUT2D eigenvalue weighted by atomic mass is 19.4. The molecule has 4 nitrogen and oxygen atoms in total. The van der Waals surface area contributed by atoms with Crippen molar-refractivity contribution in [3.05, 3.63) is 29.6 Å². The number of hydrogen-bond donors (Lipinski definition) is 1. The molecule has 2 rings (SSSR count). The molecule has 1 aromatic carbocycles. The largest absolute Gasteiger partial charge is 0.478 e. The summed E-state index contributed by atoms with van der Waals surface area (Å²) in [5, 5.41) is 9.00. The highest BCUT2D eigenvalue weighted by Gasteiger charge is 2.26. The Kier molecular flexibility index (Phi) is 4.20. The first kappa shape index (κ1) is 15.3. The van der Waals surface area contributed by atoms with E-state index in [2.05, 4.69) is 4.98 Å². The van der Waals surface area contributed by atoms with Crippen molar-refractivity contribution < 1.29 is 23.1 Å². The normalized spacial score (nSPS) is 12.0. The molecule has 0 saturated carbocycles. The second-order valence-electron chi connectivity index (χ2n) is 4.76. The van der Waals surface area contributed by atoms with Crippen LogP contribution in [0.4, 0.5) is 13.2 Å². The third kappa shape index (κ3) is 3.53. The number of aromatic carboxylic acids is 1. The van der Waals surface area contributed by atoms with E-state index in [0.29, 0.717) is 23.3 Å². The van der Waals surface area contributed by atoms with Crippen LogP contribution in [0.25, 0.3) is 11.0 Å². The van der Waals surface area contributed by atoms with Gasteiger partial charge >= 0.3 is 12.1 Å². The second kappa shape index (κ2) is 5.75. The number of aryl methyl sites for hydroxylation is 2. The number of hydrogen-bond acceptors (Lipinski definition) is 2. The number of alkyl halides is 3. The standard InChI is InChI=1S/C14H15F3N2O2/c1-2-12-18-10-5-4-9(13(20)21)8-11(10)19(12)7-3-6-14(15,16)17/h4-5,8H,2-3,6-7H2,1H3,(H,20,21). The fraction of sp³-hybridized carbons (Fsp3) is 0.429. The van der Waals surface area contributed by atoms with Crippen LogP contribution >= 0.6 is 0 Å². The van der Waals surface area contributed by atoms with E-state index in [1.165, 1.54) is 12.1 Å². The Morgan fingerprint density at radius 3 is 2.67 bits per heavy atom. The number of carbonyl (C=O) groups is 1. The zero-order chi connectivity index (χ0) is 15.6. The highest BCUT2D eigenvalue weighted by molar-refractivity contribution is 5.92. The SMILES string of the molecule is CCc1nc2ccc(C(=O)O)cc2n1CCCC(F)(F)F. The summed E-state index contributed by atoms with van der Waals surface area (Å²) in [4.78, 5) is 15.3. The van der Waals surface area contributed by atoms with Crippen molar-refractivity contribution in [3.8, 4) is 0 Å². The van der Waals surface area contributed by atoms with E-state index in [9.17, 15) is 18.0 Å². The van der Waals surface area contributed by atoms with Gasteiger partial charge in [0.1, 0.15) is 5.82 Å². The summed E-state index contributed by atoms with van der Waals surface area (Å²) >= 11 is 0. The highest BCUT2D eigenvalue weighted by Crippen LogP contribution is 2.24. The first-order valence-corrected chi connectivity index (χ1v) is 6.61. The number of imidazole rings is 1. The Bertz CT molecular complexity index is 662. The van der Waals surface area contributed by atoms with Gasteiger partial charge in [-0.05, 0) is 24.6 Å². The van der Waals surface area contributed by atoms with Crippen LogP contribution < -0.4 is 0 Å². The molecule has 0 aliphatic carbocycles.